The number of nitrogens with zero attached hydrogens (tertiary/aromatic N) is 1. The first kappa shape index (κ1) is 38.2. The van der Waals surface area contributed by atoms with E-state index in [9.17, 15) is 0 Å². The van der Waals surface area contributed by atoms with Crippen molar-refractivity contribution in [1.29, 1.82) is 0 Å². The molecule has 0 radical (unpaired) electrons. The predicted octanol–water partition coefficient (Wildman–Crippen LogP) is 18.1. The van der Waals surface area contributed by atoms with Crippen molar-refractivity contribution in [3.8, 4) is 55.6 Å². The first-order valence-corrected chi connectivity index (χ1v) is 22.4. The van der Waals surface area contributed by atoms with Gasteiger partial charge in [0.15, 0.2) is 0 Å². The van der Waals surface area contributed by atoms with Crippen molar-refractivity contribution in [2.24, 2.45) is 0 Å². The van der Waals surface area contributed by atoms with Gasteiger partial charge in [-0.25, -0.2) is 0 Å². The van der Waals surface area contributed by atoms with Crippen LogP contribution < -0.4 is 4.90 Å². The second-order valence-corrected chi connectivity index (χ2v) is 17.0. The summed E-state index contributed by atoms with van der Waals surface area (Å²) in [5, 5.41) is 10.2. The molecule has 0 aliphatic carbocycles. The van der Waals surface area contributed by atoms with Crippen LogP contribution in [0, 0.1) is 0 Å². The lowest BCUT2D eigenvalue weighted by Gasteiger charge is -2.26. The quantitative estimate of drug-likeness (QED) is 0.138. The minimum Gasteiger partial charge on any atom is -0.310 e. The molecule has 0 atom stereocenters. The fourth-order valence-electron chi connectivity index (χ4n) is 9.65. The molecule has 0 spiro atoms. The minimum atomic E-state index is 1.09. The molecule has 1 heteroatoms. The molecule has 0 saturated heterocycles. The monoisotopic (exact) mass is 825 g/mol. The molecule has 0 fully saturated rings. The lowest BCUT2D eigenvalue weighted by atomic mass is 9.95. The summed E-state index contributed by atoms with van der Waals surface area (Å²) in [6, 6.07) is 95.2. The third kappa shape index (κ3) is 7.30. The van der Waals surface area contributed by atoms with Crippen molar-refractivity contribution in [2.75, 3.05) is 4.90 Å². The summed E-state index contributed by atoms with van der Waals surface area (Å²) in [7, 11) is 0. The Hall–Kier alpha value is -8.52. The van der Waals surface area contributed by atoms with E-state index in [0.717, 1.165) is 17.1 Å². The Morgan fingerprint density at radius 1 is 0.169 bits per heavy atom. The highest BCUT2D eigenvalue weighted by molar-refractivity contribution is 6.09. The Morgan fingerprint density at radius 3 is 1.02 bits per heavy atom. The molecule has 304 valence electrons. The molecule has 0 aliphatic heterocycles. The van der Waals surface area contributed by atoms with Gasteiger partial charge >= 0.3 is 0 Å². The molecular weight excluding hydrogens is 783 g/mol. The highest BCUT2D eigenvalue weighted by Gasteiger charge is 2.15. The second kappa shape index (κ2) is 16.3. The van der Waals surface area contributed by atoms with Crippen LogP contribution in [-0.2, 0) is 0 Å². The summed E-state index contributed by atoms with van der Waals surface area (Å²) < 4.78 is 0. The van der Waals surface area contributed by atoms with E-state index in [0.29, 0.717) is 0 Å². The van der Waals surface area contributed by atoms with E-state index in [1.54, 1.807) is 0 Å². The van der Waals surface area contributed by atoms with Crippen LogP contribution in [0.5, 0.6) is 0 Å². The maximum Gasteiger partial charge on any atom is 0.0467 e. The predicted molar refractivity (Wildman–Crippen MR) is 278 cm³/mol. The van der Waals surface area contributed by atoms with Crippen molar-refractivity contribution in [3.63, 3.8) is 0 Å². The molecule has 12 rings (SSSR count). The average Bonchev–Trinajstić information content (AvgIpc) is 3.39. The normalized spacial score (nSPS) is 11.4. The highest BCUT2D eigenvalue weighted by atomic mass is 15.1. The van der Waals surface area contributed by atoms with Gasteiger partial charge in [-0.05, 0) is 159 Å². The zero-order valence-corrected chi connectivity index (χ0v) is 35.8. The van der Waals surface area contributed by atoms with E-state index >= 15 is 0 Å². The van der Waals surface area contributed by atoms with Crippen LogP contribution in [-0.4, -0.2) is 0 Å². The van der Waals surface area contributed by atoms with Crippen LogP contribution in [0.15, 0.2) is 261 Å². The standard InChI is InChI=1S/C64H43N/c1-2-11-44(12-3-1)53-19-10-20-60(43-53)65(58-33-27-45(28-34-58)49-15-8-17-51(39-49)54-31-37-63-56(41-54)25-23-47-13-4-6-21-61(47)63)59-35-29-46(30-36-59)50-16-9-18-52(40-50)55-32-38-64-57(42-55)26-24-48-14-5-7-22-62(48)64/h1-43H. The molecular formula is C64H43N. The molecule has 0 unspecified atom stereocenters. The Balaban J connectivity index is 0.870. The zero-order chi connectivity index (χ0) is 43.1. The molecule has 0 aliphatic rings. The molecule has 0 bridgehead atoms. The van der Waals surface area contributed by atoms with Crippen LogP contribution in [0.2, 0.25) is 0 Å². The van der Waals surface area contributed by atoms with Crippen molar-refractivity contribution >= 4 is 60.2 Å². The summed E-state index contributed by atoms with van der Waals surface area (Å²) in [5.74, 6) is 0. The van der Waals surface area contributed by atoms with Crippen molar-refractivity contribution in [3.05, 3.63) is 261 Å². The number of anilines is 3. The van der Waals surface area contributed by atoms with E-state index in [4.69, 9.17) is 0 Å². The average molecular weight is 826 g/mol. The van der Waals surface area contributed by atoms with E-state index < -0.39 is 0 Å². The number of hydrogen-bond donors (Lipinski definition) is 0. The minimum absolute atomic E-state index is 1.09. The van der Waals surface area contributed by atoms with Gasteiger partial charge in [-0.15, -0.1) is 0 Å². The highest BCUT2D eigenvalue weighted by Crippen LogP contribution is 2.40. The number of rotatable bonds is 8. The third-order valence-corrected chi connectivity index (χ3v) is 13.0. The van der Waals surface area contributed by atoms with E-state index in [2.05, 4.69) is 266 Å². The van der Waals surface area contributed by atoms with E-state index in [-0.39, 0.29) is 0 Å². The Morgan fingerprint density at radius 2 is 0.508 bits per heavy atom. The lowest BCUT2D eigenvalue weighted by molar-refractivity contribution is 1.28. The van der Waals surface area contributed by atoms with Gasteiger partial charge in [0.2, 0.25) is 0 Å². The summed E-state index contributed by atoms with van der Waals surface area (Å²) in [6.07, 6.45) is 0. The van der Waals surface area contributed by atoms with Gasteiger partial charge in [-0.1, -0.05) is 200 Å². The molecule has 12 aromatic rings. The maximum absolute atomic E-state index is 2.37. The van der Waals surface area contributed by atoms with E-state index in [1.165, 1.54) is 98.7 Å². The van der Waals surface area contributed by atoms with Crippen LogP contribution in [0.4, 0.5) is 17.1 Å². The fourth-order valence-corrected chi connectivity index (χ4v) is 9.65. The number of benzene rings is 12. The molecule has 0 N–H and O–H groups in total. The topological polar surface area (TPSA) is 3.24 Å². The van der Waals surface area contributed by atoms with Crippen LogP contribution in [0.1, 0.15) is 0 Å². The molecule has 0 amide bonds. The van der Waals surface area contributed by atoms with Crippen molar-refractivity contribution in [2.45, 2.75) is 0 Å². The van der Waals surface area contributed by atoms with Gasteiger partial charge in [0.1, 0.15) is 0 Å². The van der Waals surface area contributed by atoms with Crippen LogP contribution in [0.3, 0.4) is 0 Å². The van der Waals surface area contributed by atoms with Crippen LogP contribution in [0.25, 0.3) is 98.7 Å². The van der Waals surface area contributed by atoms with Gasteiger partial charge in [0.05, 0.1) is 0 Å². The van der Waals surface area contributed by atoms with Gasteiger partial charge in [0, 0.05) is 17.1 Å². The molecule has 12 aromatic carbocycles. The molecule has 65 heavy (non-hydrogen) atoms. The van der Waals surface area contributed by atoms with Crippen molar-refractivity contribution in [1.82, 2.24) is 0 Å². The Labute approximate surface area is 379 Å². The smallest absolute Gasteiger partial charge is 0.0467 e. The van der Waals surface area contributed by atoms with Gasteiger partial charge in [-0.3, -0.25) is 0 Å². The first-order chi connectivity index (χ1) is 32.2. The van der Waals surface area contributed by atoms with Crippen molar-refractivity contribution < 1.29 is 0 Å². The summed E-state index contributed by atoms with van der Waals surface area (Å²) >= 11 is 0. The number of hydrogen-bond acceptors (Lipinski definition) is 1. The lowest BCUT2D eigenvalue weighted by Crippen LogP contribution is -2.10. The maximum atomic E-state index is 2.37. The second-order valence-electron chi connectivity index (χ2n) is 17.0. The first-order valence-electron chi connectivity index (χ1n) is 22.4. The molecule has 0 heterocycles. The third-order valence-electron chi connectivity index (χ3n) is 13.0. The fraction of sp³-hybridized carbons (Fsp3) is 0. The number of fused-ring (bicyclic) bond motifs is 6. The summed E-state index contributed by atoms with van der Waals surface area (Å²) in [4.78, 5) is 2.37. The Kier molecular flexibility index (Phi) is 9.58. The largest absolute Gasteiger partial charge is 0.310 e. The zero-order valence-electron chi connectivity index (χ0n) is 35.8. The van der Waals surface area contributed by atoms with Gasteiger partial charge in [-0.2, -0.15) is 0 Å². The van der Waals surface area contributed by atoms with Crippen LogP contribution >= 0.6 is 0 Å². The summed E-state index contributed by atoms with van der Waals surface area (Å²) in [5.41, 5.74) is 15.2. The Bertz CT molecular complexity index is 3490. The molecule has 0 saturated carbocycles. The van der Waals surface area contributed by atoms with Gasteiger partial charge in [0.25, 0.3) is 0 Å². The SMILES string of the molecule is c1ccc(-c2cccc(N(c3ccc(-c4cccc(-c5ccc6c(ccc7ccccc76)c5)c4)cc3)c3ccc(-c4cccc(-c5ccc6c(ccc7ccccc76)c5)c4)cc3)c2)cc1. The molecule has 0 aromatic heterocycles. The van der Waals surface area contributed by atoms with E-state index in [1.807, 2.05) is 0 Å². The van der Waals surface area contributed by atoms with Gasteiger partial charge < -0.3 is 4.90 Å². The molecule has 1 nitrogen and oxygen atoms in total. The summed E-state index contributed by atoms with van der Waals surface area (Å²) in [6.45, 7) is 0.